The van der Waals surface area contributed by atoms with Gasteiger partial charge in [-0.2, -0.15) is 0 Å². The van der Waals surface area contributed by atoms with Crippen LogP contribution in [0.5, 0.6) is 5.75 Å². The molecular formula is C25H22FNO4S. The Morgan fingerprint density at radius 1 is 1.16 bits per heavy atom. The van der Waals surface area contributed by atoms with E-state index in [9.17, 15) is 19.1 Å². The number of thiophene rings is 1. The van der Waals surface area contributed by atoms with Crippen molar-refractivity contribution < 1.29 is 23.8 Å². The lowest BCUT2D eigenvalue weighted by Gasteiger charge is -2.25. The van der Waals surface area contributed by atoms with Gasteiger partial charge in [-0.05, 0) is 72.8 Å². The van der Waals surface area contributed by atoms with Crippen LogP contribution in [-0.4, -0.2) is 23.4 Å². The van der Waals surface area contributed by atoms with Crippen LogP contribution in [0.25, 0.3) is 5.76 Å². The minimum absolute atomic E-state index is 0.0213. The number of nitrogens with zero attached hydrogens (tertiary/aromatic N) is 1. The number of amides is 1. The minimum Gasteiger partial charge on any atom is -0.507 e. The number of aryl methyl sites for hydroxylation is 1. The highest BCUT2D eigenvalue weighted by molar-refractivity contribution is 7.10. The third-order valence-electron chi connectivity index (χ3n) is 5.28. The van der Waals surface area contributed by atoms with Crippen LogP contribution in [0.4, 0.5) is 10.1 Å². The van der Waals surface area contributed by atoms with Gasteiger partial charge in [-0.25, -0.2) is 4.39 Å². The number of ketones is 1. The summed E-state index contributed by atoms with van der Waals surface area (Å²) >= 11 is 1.38. The van der Waals surface area contributed by atoms with Gasteiger partial charge in [0.15, 0.2) is 0 Å². The van der Waals surface area contributed by atoms with Crippen LogP contribution >= 0.6 is 11.3 Å². The summed E-state index contributed by atoms with van der Waals surface area (Å²) in [5, 5.41) is 13.0. The van der Waals surface area contributed by atoms with Crippen molar-refractivity contribution in [3.05, 3.63) is 87.4 Å². The van der Waals surface area contributed by atoms with E-state index in [0.717, 1.165) is 16.9 Å². The van der Waals surface area contributed by atoms with Crippen molar-refractivity contribution in [2.24, 2.45) is 0 Å². The second kappa shape index (κ2) is 8.96. The Bertz CT molecular complexity index is 1200. The van der Waals surface area contributed by atoms with Crippen LogP contribution in [0, 0.1) is 12.7 Å². The molecule has 1 N–H and O–H groups in total. The highest BCUT2D eigenvalue weighted by Crippen LogP contribution is 2.44. The van der Waals surface area contributed by atoms with E-state index in [0.29, 0.717) is 17.9 Å². The van der Waals surface area contributed by atoms with Crippen molar-refractivity contribution in [2.75, 3.05) is 11.5 Å². The third kappa shape index (κ3) is 3.91. The van der Waals surface area contributed by atoms with E-state index in [4.69, 9.17) is 4.74 Å². The Morgan fingerprint density at radius 3 is 2.53 bits per heavy atom. The molecule has 1 saturated heterocycles. The van der Waals surface area contributed by atoms with Crippen LogP contribution in [-0.2, 0) is 9.59 Å². The molecule has 1 aromatic heterocycles. The van der Waals surface area contributed by atoms with Gasteiger partial charge in [0.1, 0.15) is 23.4 Å². The van der Waals surface area contributed by atoms with E-state index < -0.39 is 23.5 Å². The smallest absolute Gasteiger partial charge is 0.300 e. The lowest BCUT2D eigenvalue weighted by Crippen LogP contribution is -2.29. The molecule has 0 radical (unpaired) electrons. The molecule has 3 aromatic rings. The number of aliphatic hydroxyl groups excluding tert-OH is 1. The zero-order valence-electron chi connectivity index (χ0n) is 17.7. The van der Waals surface area contributed by atoms with Crippen LogP contribution in [0.3, 0.4) is 0 Å². The summed E-state index contributed by atoms with van der Waals surface area (Å²) in [6, 6.07) is 13.3. The Hall–Kier alpha value is -3.45. The van der Waals surface area contributed by atoms with Crippen molar-refractivity contribution in [1.29, 1.82) is 0 Å². The molecule has 1 atom stereocenters. The average molecular weight is 452 g/mol. The number of carbonyl (C=O) groups excluding carboxylic acids is 2. The maximum atomic E-state index is 13.9. The van der Waals surface area contributed by atoms with Gasteiger partial charge >= 0.3 is 0 Å². The fraction of sp³-hybridized carbons (Fsp3) is 0.200. The molecule has 2 aromatic carbocycles. The second-order valence-corrected chi connectivity index (χ2v) is 8.44. The Balaban J connectivity index is 1.85. The van der Waals surface area contributed by atoms with Crippen LogP contribution in [0.2, 0.25) is 0 Å². The van der Waals surface area contributed by atoms with E-state index >= 15 is 0 Å². The molecule has 0 aliphatic carbocycles. The average Bonchev–Trinajstić information content (AvgIpc) is 3.32. The number of rotatable bonds is 6. The Morgan fingerprint density at radius 2 is 1.91 bits per heavy atom. The molecule has 1 aliphatic heterocycles. The molecule has 4 rings (SSSR count). The molecule has 7 heteroatoms. The standard InChI is InChI=1S/C25H22FNO4S/c1-3-12-31-19-9-7-16(8-10-19)22(28)20-21(24-15(2)11-13-32-24)27(25(30)23(20)29)18-6-4-5-17(26)14-18/h4-11,13-14,21,28H,3,12H2,1-2H3/b22-20-. The summed E-state index contributed by atoms with van der Waals surface area (Å²) in [7, 11) is 0. The zero-order valence-corrected chi connectivity index (χ0v) is 18.5. The van der Waals surface area contributed by atoms with Gasteiger partial charge in [0.05, 0.1) is 12.2 Å². The van der Waals surface area contributed by atoms with Gasteiger partial charge in [0.2, 0.25) is 0 Å². The molecule has 5 nitrogen and oxygen atoms in total. The Kier molecular flexibility index (Phi) is 6.10. The summed E-state index contributed by atoms with van der Waals surface area (Å²) in [4.78, 5) is 28.1. The predicted molar refractivity (Wildman–Crippen MR) is 122 cm³/mol. The summed E-state index contributed by atoms with van der Waals surface area (Å²) < 4.78 is 19.5. The second-order valence-electron chi connectivity index (χ2n) is 7.49. The lowest BCUT2D eigenvalue weighted by atomic mass is 9.98. The number of carbonyl (C=O) groups is 2. The number of hydrogen-bond donors (Lipinski definition) is 1. The maximum Gasteiger partial charge on any atom is 0.300 e. The normalized spacial score (nSPS) is 17.7. The highest BCUT2D eigenvalue weighted by Gasteiger charge is 2.48. The number of aliphatic hydroxyl groups is 1. The maximum absolute atomic E-state index is 13.9. The van der Waals surface area contributed by atoms with Gasteiger partial charge in [0.25, 0.3) is 11.7 Å². The fourth-order valence-corrected chi connectivity index (χ4v) is 4.75. The monoisotopic (exact) mass is 451 g/mol. The zero-order chi connectivity index (χ0) is 22.8. The summed E-state index contributed by atoms with van der Waals surface area (Å²) in [5.41, 5.74) is 1.50. The highest BCUT2D eigenvalue weighted by atomic mass is 32.1. The van der Waals surface area contributed by atoms with E-state index in [-0.39, 0.29) is 17.0 Å². The molecule has 1 unspecified atom stereocenters. The van der Waals surface area contributed by atoms with Crippen molar-refractivity contribution >= 4 is 34.5 Å². The minimum atomic E-state index is -0.854. The van der Waals surface area contributed by atoms with Gasteiger partial charge in [-0.1, -0.05) is 13.0 Å². The largest absolute Gasteiger partial charge is 0.507 e. The van der Waals surface area contributed by atoms with Gasteiger partial charge in [-0.3, -0.25) is 14.5 Å². The quantitative estimate of drug-likeness (QED) is 0.301. The first-order valence-corrected chi connectivity index (χ1v) is 11.1. The van der Waals surface area contributed by atoms with Gasteiger partial charge in [-0.15, -0.1) is 11.3 Å². The molecule has 0 spiro atoms. The number of ether oxygens (including phenoxy) is 1. The molecule has 164 valence electrons. The molecule has 0 bridgehead atoms. The first kappa shape index (κ1) is 21.8. The topological polar surface area (TPSA) is 66.8 Å². The first-order chi connectivity index (χ1) is 15.4. The van der Waals surface area contributed by atoms with Crippen LogP contribution in [0.1, 0.15) is 35.4 Å². The summed E-state index contributed by atoms with van der Waals surface area (Å²) in [6.45, 7) is 4.45. The van der Waals surface area contributed by atoms with Crippen molar-refractivity contribution in [3.8, 4) is 5.75 Å². The molecule has 0 saturated carbocycles. The number of Topliss-reactive ketones (excluding diaryl/α,β-unsaturated/α-hetero) is 1. The first-order valence-electron chi connectivity index (χ1n) is 10.3. The SMILES string of the molecule is CCCOc1ccc(/C(O)=C2/C(=O)C(=O)N(c3cccc(F)c3)C2c2sccc2C)cc1. The molecule has 1 aliphatic rings. The van der Waals surface area contributed by atoms with Crippen LogP contribution in [0.15, 0.2) is 65.6 Å². The molecule has 32 heavy (non-hydrogen) atoms. The van der Waals surface area contributed by atoms with E-state index in [1.54, 1.807) is 30.3 Å². The molecule has 1 amide bonds. The van der Waals surface area contributed by atoms with E-state index in [2.05, 4.69) is 0 Å². The number of halogens is 1. The molecule has 2 heterocycles. The lowest BCUT2D eigenvalue weighted by molar-refractivity contribution is -0.132. The Labute approximate surface area is 189 Å². The van der Waals surface area contributed by atoms with Crippen molar-refractivity contribution in [1.82, 2.24) is 0 Å². The number of hydrogen-bond acceptors (Lipinski definition) is 5. The molecular weight excluding hydrogens is 429 g/mol. The third-order valence-corrected chi connectivity index (χ3v) is 6.35. The van der Waals surface area contributed by atoms with Gasteiger partial charge < -0.3 is 9.84 Å². The van der Waals surface area contributed by atoms with Crippen molar-refractivity contribution in [3.63, 3.8) is 0 Å². The van der Waals surface area contributed by atoms with E-state index in [1.807, 2.05) is 25.3 Å². The van der Waals surface area contributed by atoms with Crippen LogP contribution < -0.4 is 9.64 Å². The number of anilines is 1. The number of benzene rings is 2. The van der Waals surface area contributed by atoms with Gasteiger partial charge in [0, 0.05) is 16.1 Å². The predicted octanol–water partition coefficient (Wildman–Crippen LogP) is 5.61. The molecule has 1 fully saturated rings. The fourth-order valence-electron chi connectivity index (χ4n) is 3.72. The summed E-state index contributed by atoms with van der Waals surface area (Å²) in [6.07, 6.45) is 0.866. The summed E-state index contributed by atoms with van der Waals surface area (Å²) in [5.74, 6) is -1.77. The van der Waals surface area contributed by atoms with E-state index in [1.165, 1.54) is 34.4 Å². The van der Waals surface area contributed by atoms with Crippen molar-refractivity contribution in [2.45, 2.75) is 26.3 Å².